The molecule has 0 bridgehead atoms. The summed E-state index contributed by atoms with van der Waals surface area (Å²) in [6.45, 7) is 1.63. The molecular formula is C21H18F2N4O2. The summed E-state index contributed by atoms with van der Waals surface area (Å²) in [5.41, 5.74) is 1.74. The maximum Gasteiger partial charge on any atom is 0.324 e. The fraction of sp³-hybridized carbons (Fsp3) is 0.190. The Morgan fingerprint density at radius 2 is 1.86 bits per heavy atom. The van der Waals surface area contributed by atoms with E-state index in [4.69, 9.17) is 0 Å². The molecule has 2 aromatic carbocycles. The molecule has 1 aliphatic rings. The van der Waals surface area contributed by atoms with E-state index >= 15 is 0 Å². The normalized spacial score (nSPS) is 16.7. The molecule has 0 saturated heterocycles. The third-order valence-corrected chi connectivity index (χ3v) is 4.90. The van der Waals surface area contributed by atoms with Gasteiger partial charge >= 0.3 is 6.03 Å². The van der Waals surface area contributed by atoms with Crippen molar-refractivity contribution in [3.63, 3.8) is 0 Å². The predicted octanol–water partition coefficient (Wildman–Crippen LogP) is 3.79. The zero-order valence-electron chi connectivity index (χ0n) is 16.0. The summed E-state index contributed by atoms with van der Waals surface area (Å²) in [6.07, 6.45) is 0. The van der Waals surface area contributed by atoms with Crippen LogP contribution in [0.2, 0.25) is 0 Å². The second-order valence-corrected chi connectivity index (χ2v) is 6.67. The van der Waals surface area contributed by atoms with Crippen molar-refractivity contribution in [1.82, 2.24) is 9.80 Å². The number of urea groups is 1. The number of amides is 3. The van der Waals surface area contributed by atoms with Crippen molar-refractivity contribution in [3.05, 3.63) is 76.5 Å². The Labute approximate surface area is 166 Å². The fourth-order valence-corrected chi connectivity index (χ4v) is 3.29. The molecule has 1 N–H and O–H groups in total. The lowest BCUT2D eigenvalue weighted by molar-refractivity contribution is -0.113. The van der Waals surface area contributed by atoms with Crippen molar-refractivity contribution in [3.8, 4) is 6.07 Å². The highest BCUT2D eigenvalue weighted by Gasteiger charge is 2.38. The van der Waals surface area contributed by atoms with Crippen molar-refractivity contribution in [1.29, 1.82) is 5.26 Å². The van der Waals surface area contributed by atoms with E-state index in [9.17, 15) is 23.6 Å². The molecule has 0 spiro atoms. The van der Waals surface area contributed by atoms with Crippen LogP contribution in [0.5, 0.6) is 0 Å². The van der Waals surface area contributed by atoms with Gasteiger partial charge < -0.3 is 15.1 Å². The number of benzene rings is 2. The maximum atomic E-state index is 13.5. The largest absolute Gasteiger partial charge is 0.324 e. The molecule has 8 heteroatoms. The van der Waals surface area contributed by atoms with Gasteiger partial charge in [0, 0.05) is 31.5 Å². The van der Waals surface area contributed by atoms with E-state index in [1.807, 2.05) is 6.07 Å². The predicted molar refractivity (Wildman–Crippen MR) is 103 cm³/mol. The van der Waals surface area contributed by atoms with E-state index in [0.29, 0.717) is 16.8 Å². The van der Waals surface area contributed by atoms with Crippen LogP contribution in [0.25, 0.3) is 0 Å². The fourth-order valence-electron chi connectivity index (χ4n) is 3.29. The topological polar surface area (TPSA) is 76.4 Å². The minimum atomic E-state index is -1.08. The molecule has 1 atom stereocenters. The van der Waals surface area contributed by atoms with Crippen LogP contribution in [0, 0.1) is 23.0 Å². The molecule has 6 nitrogen and oxygen atoms in total. The van der Waals surface area contributed by atoms with Gasteiger partial charge in [0.15, 0.2) is 11.6 Å². The summed E-state index contributed by atoms with van der Waals surface area (Å²) in [4.78, 5) is 28.4. The summed E-state index contributed by atoms with van der Waals surface area (Å²) >= 11 is 0. The van der Waals surface area contributed by atoms with Crippen LogP contribution in [-0.4, -0.2) is 35.8 Å². The first-order valence-electron chi connectivity index (χ1n) is 8.72. The van der Waals surface area contributed by atoms with Crippen molar-refractivity contribution in [2.45, 2.75) is 13.0 Å². The van der Waals surface area contributed by atoms with Crippen LogP contribution in [0.15, 0.2) is 53.7 Å². The number of anilines is 1. The summed E-state index contributed by atoms with van der Waals surface area (Å²) < 4.78 is 26.7. The average molecular weight is 396 g/mol. The number of nitriles is 1. The zero-order valence-corrected chi connectivity index (χ0v) is 16.0. The highest BCUT2D eigenvalue weighted by Crippen LogP contribution is 2.36. The molecule has 2 aromatic rings. The number of hydrogen-bond donors (Lipinski definition) is 1. The van der Waals surface area contributed by atoms with Crippen molar-refractivity contribution >= 4 is 17.6 Å². The van der Waals surface area contributed by atoms with E-state index in [1.165, 1.54) is 15.9 Å². The number of halogens is 2. The average Bonchev–Trinajstić information content (AvgIpc) is 2.71. The molecule has 1 heterocycles. The summed E-state index contributed by atoms with van der Waals surface area (Å²) in [6, 6.07) is 10.6. The van der Waals surface area contributed by atoms with Gasteiger partial charge in [-0.2, -0.15) is 5.26 Å². The molecule has 0 fully saturated rings. The Morgan fingerprint density at radius 3 is 2.52 bits per heavy atom. The van der Waals surface area contributed by atoms with E-state index in [2.05, 4.69) is 5.32 Å². The number of hydrogen-bond acceptors (Lipinski definition) is 3. The summed E-state index contributed by atoms with van der Waals surface area (Å²) in [5, 5.41) is 11.8. The third kappa shape index (κ3) is 3.67. The quantitative estimate of drug-likeness (QED) is 0.858. The number of likely N-dealkylation sites (N-methyl/N-ethyl adjacent to an activating group) is 1. The van der Waals surface area contributed by atoms with Crippen LogP contribution < -0.4 is 5.32 Å². The Kier molecular flexibility index (Phi) is 5.33. The van der Waals surface area contributed by atoms with Crippen LogP contribution >= 0.6 is 0 Å². The molecule has 3 rings (SSSR count). The first kappa shape index (κ1) is 20.0. The van der Waals surface area contributed by atoms with Gasteiger partial charge in [0.05, 0.1) is 23.2 Å². The van der Waals surface area contributed by atoms with Crippen LogP contribution in [-0.2, 0) is 4.79 Å². The van der Waals surface area contributed by atoms with Crippen LogP contribution in [0.1, 0.15) is 24.1 Å². The second kappa shape index (κ2) is 7.72. The van der Waals surface area contributed by atoms with E-state index in [-0.39, 0.29) is 17.3 Å². The first-order chi connectivity index (χ1) is 13.7. The Bertz CT molecular complexity index is 1070. The molecule has 1 unspecified atom stereocenters. The Hall–Kier alpha value is -3.73. The van der Waals surface area contributed by atoms with Gasteiger partial charge in [-0.15, -0.1) is 0 Å². The summed E-state index contributed by atoms with van der Waals surface area (Å²) in [5.74, 6) is -2.67. The van der Waals surface area contributed by atoms with Gasteiger partial charge in [-0.05, 0) is 36.8 Å². The van der Waals surface area contributed by atoms with Gasteiger partial charge in [0.25, 0.3) is 5.91 Å². The number of rotatable bonds is 3. The minimum Gasteiger partial charge on any atom is -0.322 e. The van der Waals surface area contributed by atoms with E-state index in [1.54, 1.807) is 45.3 Å². The zero-order chi connectivity index (χ0) is 21.3. The molecule has 148 valence electrons. The van der Waals surface area contributed by atoms with Gasteiger partial charge in [-0.3, -0.25) is 4.79 Å². The second-order valence-electron chi connectivity index (χ2n) is 6.67. The Morgan fingerprint density at radius 1 is 1.14 bits per heavy atom. The highest BCUT2D eigenvalue weighted by atomic mass is 19.2. The highest BCUT2D eigenvalue weighted by molar-refractivity contribution is 6.06. The molecule has 0 radical (unpaired) electrons. The number of nitrogens with zero attached hydrogens (tertiary/aromatic N) is 3. The van der Waals surface area contributed by atoms with E-state index < -0.39 is 23.6 Å². The monoisotopic (exact) mass is 396 g/mol. The lowest BCUT2D eigenvalue weighted by Crippen LogP contribution is -2.47. The van der Waals surface area contributed by atoms with Crippen LogP contribution in [0.3, 0.4) is 0 Å². The van der Waals surface area contributed by atoms with Crippen molar-refractivity contribution in [2.75, 3.05) is 19.4 Å². The summed E-state index contributed by atoms with van der Waals surface area (Å²) in [7, 11) is 3.10. The molecule has 0 aliphatic carbocycles. The molecular weight excluding hydrogens is 378 g/mol. The number of allylic oxidation sites excluding steroid dienone is 1. The van der Waals surface area contributed by atoms with E-state index in [0.717, 1.165) is 12.1 Å². The number of nitrogens with one attached hydrogen (secondary N) is 1. The van der Waals surface area contributed by atoms with Crippen molar-refractivity contribution < 1.29 is 18.4 Å². The minimum absolute atomic E-state index is 0.0842. The SMILES string of the molecule is CC1=C(C(=O)Nc2ccc(F)c(F)c2)C(c2cccc(C#N)c2)N(C)C(=O)N1C. The molecule has 0 aromatic heterocycles. The van der Waals surface area contributed by atoms with Gasteiger partial charge in [0.2, 0.25) is 0 Å². The van der Waals surface area contributed by atoms with Gasteiger partial charge in [0.1, 0.15) is 0 Å². The smallest absolute Gasteiger partial charge is 0.322 e. The molecule has 1 aliphatic heterocycles. The first-order valence-corrected chi connectivity index (χ1v) is 8.72. The number of carbonyl (C=O) groups is 2. The van der Waals surface area contributed by atoms with Crippen molar-refractivity contribution in [2.24, 2.45) is 0 Å². The van der Waals surface area contributed by atoms with Gasteiger partial charge in [-0.1, -0.05) is 12.1 Å². The molecule has 3 amide bonds. The molecule has 0 saturated carbocycles. The molecule has 29 heavy (non-hydrogen) atoms. The lowest BCUT2D eigenvalue weighted by Gasteiger charge is -2.39. The maximum absolute atomic E-state index is 13.5. The van der Waals surface area contributed by atoms with Gasteiger partial charge in [-0.25, -0.2) is 13.6 Å². The number of carbonyl (C=O) groups excluding carboxylic acids is 2. The standard InChI is InChI=1S/C21H18F2N4O2/c1-12-18(20(28)25-15-7-8-16(22)17(23)10-15)19(27(3)21(29)26(12)2)14-6-4-5-13(9-14)11-24/h4-10,19H,1-3H3,(H,25,28). The third-order valence-electron chi connectivity index (χ3n) is 4.90. The Balaban J connectivity index is 2.07. The van der Waals surface area contributed by atoms with Crippen LogP contribution in [0.4, 0.5) is 19.3 Å². The lowest BCUT2D eigenvalue weighted by atomic mass is 9.92.